The van der Waals surface area contributed by atoms with Crippen molar-refractivity contribution in [3.05, 3.63) is 47.0 Å². The molecule has 0 aliphatic heterocycles. The summed E-state index contributed by atoms with van der Waals surface area (Å²) in [6.45, 7) is 3.83. The molecule has 0 unspecified atom stereocenters. The van der Waals surface area contributed by atoms with Crippen molar-refractivity contribution >= 4 is 5.91 Å². The van der Waals surface area contributed by atoms with E-state index in [4.69, 9.17) is 0 Å². The molecule has 128 valence electrons. The van der Waals surface area contributed by atoms with Crippen LogP contribution in [0.5, 0.6) is 0 Å². The van der Waals surface area contributed by atoms with Gasteiger partial charge in [-0.1, -0.05) is 17.7 Å². The van der Waals surface area contributed by atoms with Crippen LogP contribution in [0.3, 0.4) is 0 Å². The largest absolute Gasteiger partial charge is 0.391 e. The quantitative estimate of drug-likeness (QED) is 0.901. The summed E-state index contributed by atoms with van der Waals surface area (Å²) in [7, 11) is 1.89. The molecule has 0 saturated heterocycles. The minimum Gasteiger partial charge on any atom is -0.391 e. The van der Waals surface area contributed by atoms with Crippen LogP contribution in [0.1, 0.15) is 52.8 Å². The molecule has 1 aromatic carbocycles. The Bertz CT molecular complexity index is 740. The van der Waals surface area contributed by atoms with E-state index in [0.717, 1.165) is 23.6 Å². The van der Waals surface area contributed by atoms with Crippen LogP contribution in [-0.2, 0) is 7.05 Å². The first kappa shape index (κ1) is 16.6. The first-order valence-electron chi connectivity index (χ1n) is 8.37. The van der Waals surface area contributed by atoms with Gasteiger partial charge in [0.1, 0.15) is 11.6 Å². The second kappa shape index (κ2) is 6.73. The third-order valence-electron chi connectivity index (χ3n) is 4.68. The maximum Gasteiger partial charge on any atom is 0.251 e. The molecule has 6 nitrogen and oxygen atoms in total. The van der Waals surface area contributed by atoms with Gasteiger partial charge in [-0.3, -0.25) is 9.48 Å². The van der Waals surface area contributed by atoms with Crippen molar-refractivity contribution < 1.29 is 9.90 Å². The van der Waals surface area contributed by atoms with Crippen molar-refractivity contribution in [3.63, 3.8) is 0 Å². The summed E-state index contributed by atoms with van der Waals surface area (Å²) < 4.78 is 1.80. The molecule has 0 radical (unpaired) electrons. The first-order chi connectivity index (χ1) is 11.4. The van der Waals surface area contributed by atoms with E-state index in [1.54, 1.807) is 10.7 Å². The molecule has 3 atom stereocenters. The van der Waals surface area contributed by atoms with E-state index in [1.165, 1.54) is 0 Å². The van der Waals surface area contributed by atoms with Gasteiger partial charge in [-0.15, -0.1) is 0 Å². The van der Waals surface area contributed by atoms with Crippen LogP contribution in [0.4, 0.5) is 0 Å². The number of hydrogen-bond donors (Lipinski definition) is 2. The Labute approximate surface area is 141 Å². The Morgan fingerprint density at radius 2 is 2.12 bits per heavy atom. The number of rotatable bonds is 3. The highest BCUT2D eigenvalue weighted by atomic mass is 16.3. The van der Waals surface area contributed by atoms with Crippen LogP contribution in [0, 0.1) is 13.8 Å². The average Bonchev–Trinajstić information content (AvgIpc) is 2.88. The SMILES string of the molecule is Cc1cccc(C(=O)N[C@@H]2C[C@@H](c3nc(C)nn3C)CC[C@H]2O)c1. The number of benzene rings is 1. The lowest BCUT2D eigenvalue weighted by Gasteiger charge is -2.33. The van der Waals surface area contributed by atoms with Gasteiger partial charge >= 0.3 is 0 Å². The number of nitrogens with zero attached hydrogens (tertiary/aromatic N) is 3. The number of hydrogen-bond acceptors (Lipinski definition) is 4. The molecule has 2 N–H and O–H groups in total. The van der Waals surface area contributed by atoms with E-state index in [9.17, 15) is 9.90 Å². The molecule has 1 heterocycles. The van der Waals surface area contributed by atoms with Crippen molar-refractivity contribution in [1.29, 1.82) is 0 Å². The first-order valence-corrected chi connectivity index (χ1v) is 8.37. The fourth-order valence-corrected chi connectivity index (χ4v) is 3.47. The van der Waals surface area contributed by atoms with E-state index >= 15 is 0 Å². The second-order valence-electron chi connectivity index (χ2n) is 6.67. The number of carbonyl (C=O) groups excluding carboxylic acids is 1. The Hall–Kier alpha value is -2.21. The van der Waals surface area contributed by atoms with E-state index in [0.29, 0.717) is 18.4 Å². The highest BCUT2D eigenvalue weighted by Gasteiger charge is 2.33. The zero-order valence-electron chi connectivity index (χ0n) is 14.4. The minimum absolute atomic E-state index is 0.141. The number of carbonyl (C=O) groups is 1. The fourth-order valence-electron chi connectivity index (χ4n) is 3.47. The van der Waals surface area contributed by atoms with Crippen LogP contribution in [0.15, 0.2) is 24.3 Å². The second-order valence-corrected chi connectivity index (χ2v) is 6.67. The summed E-state index contributed by atoms with van der Waals surface area (Å²) >= 11 is 0. The molecular formula is C18H24N4O2. The Balaban J connectivity index is 1.72. The molecule has 2 aromatic rings. The van der Waals surface area contributed by atoms with Gasteiger partial charge in [0.25, 0.3) is 5.91 Å². The summed E-state index contributed by atoms with van der Waals surface area (Å²) in [4.78, 5) is 17.0. The van der Waals surface area contributed by atoms with Gasteiger partial charge in [-0.25, -0.2) is 4.98 Å². The molecule has 1 fully saturated rings. The van der Waals surface area contributed by atoms with Crippen molar-refractivity contribution in [2.75, 3.05) is 0 Å². The van der Waals surface area contributed by atoms with E-state index < -0.39 is 6.10 Å². The maximum absolute atomic E-state index is 12.5. The third-order valence-corrected chi connectivity index (χ3v) is 4.68. The number of aryl methyl sites for hydroxylation is 3. The number of aromatic nitrogens is 3. The van der Waals surface area contributed by atoms with E-state index in [1.807, 2.05) is 39.1 Å². The number of aliphatic hydroxyl groups excluding tert-OH is 1. The summed E-state index contributed by atoms with van der Waals surface area (Å²) in [5, 5.41) is 17.6. The molecule has 1 aliphatic rings. The summed E-state index contributed by atoms with van der Waals surface area (Å²) in [6, 6.07) is 7.20. The van der Waals surface area contributed by atoms with Gasteiger partial charge in [0, 0.05) is 18.5 Å². The molecule has 24 heavy (non-hydrogen) atoms. The predicted molar refractivity (Wildman–Crippen MR) is 90.8 cm³/mol. The van der Waals surface area contributed by atoms with Crippen LogP contribution in [-0.4, -0.2) is 37.9 Å². The number of amides is 1. The molecule has 3 rings (SSSR count). The third kappa shape index (κ3) is 3.48. The Kier molecular flexibility index (Phi) is 4.66. The summed E-state index contributed by atoms with van der Waals surface area (Å²) in [5.74, 6) is 1.73. The predicted octanol–water partition coefficient (Wildman–Crippen LogP) is 1.86. The lowest BCUT2D eigenvalue weighted by atomic mass is 9.83. The molecular weight excluding hydrogens is 304 g/mol. The fraction of sp³-hybridized carbons (Fsp3) is 0.500. The maximum atomic E-state index is 12.5. The van der Waals surface area contributed by atoms with Gasteiger partial charge in [0.15, 0.2) is 0 Å². The molecule has 6 heteroatoms. The zero-order valence-corrected chi connectivity index (χ0v) is 14.4. The van der Waals surface area contributed by atoms with Crippen molar-refractivity contribution in [2.24, 2.45) is 7.05 Å². The Morgan fingerprint density at radius 1 is 1.33 bits per heavy atom. The van der Waals surface area contributed by atoms with E-state index in [2.05, 4.69) is 15.4 Å². The zero-order chi connectivity index (χ0) is 17.3. The van der Waals surface area contributed by atoms with Gasteiger partial charge in [-0.05, 0) is 45.2 Å². The summed E-state index contributed by atoms with van der Waals surface area (Å²) in [5.41, 5.74) is 1.66. The van der Waals surface area contributed by atoms with Crippen molar-refractivity contribution in [3.8, 4) is 0 Å². The average molecular weight is 328 g/mol. The van der Waals surface area contributed by atoms with Gasteiger partial charge < -0.3 is 10.4 Å². The minimum atomic E-state index is -0.524. The molecule has 1 amide bonds. The topological polar surface area (TPSA) is 80.0 Å². The van der Waals surface area contributed by atoms with Crippen molar-refractivity contribution in [2.45, 2.75) is 51.2 Å². The van der Waals surface area contributed by atoms with Crippen LogP contribution in [0.25, 0.3) is 0 Å². The number of aliphatic hydroxyl groups is 1. The molecule has 1 aliphatic carbocycles. The standard InChI is InChI=1S/C18H24N4O2/c1-11-5-4-6-14(9-11)18(24)20-15-10-13(7-8-16(15)23)17-19-12(2)21-22(17)3/h4-6,9,13,15-16,23H,7-8,10H2,1-3H3,(H,20,24)/t13-,15+,16+/m0/s1. The van der Waals surface area contributed by atoms with Crippen LogP contribution >= 0.6 is 0 Å². The van der Waals surface area contributed by atoms with Gasteiger partial charge in [0.05, 0.1) is 12.1 Å². The van der Waals surface area contributed by atoms with Crippen LogP contribution in [0.2, 0.25) is 0 Å². The lowest BCUT2D eigenvalue weighted by molar-refractivity contribution is 0.0669. The Morgan fingerprint density at radius 3 is 2.79 bits per heavy atom. The molecule has 1 saturated carbocycles. The number of nitrogens with one attached hydrogen (secondary N) is 1. The lowest BCUT2D eigenvalue weighted by Crippen LogP contribution is -2.47. The smallest absolute Gasteiger partial charge is 0.251 e. The van der Waals surface area contributed by atoms with Gasteiger partial charge in [-0.2, -0.15) is 5.10 Å². The monoisotopic (exact) mass is 328 g/mol. The molecule has 0 spiro atoms. The summed E-state index contributed by atoms with van der Waals surface area (Å²) in [6.07, 6.45) is 1.65. The van der Waals surface area contributed by atoms with Crippen LogP contribution < -0.4 is 5.32 Å². The molecule has 1 aromatic heterocycles. The highest BCUT2D eigenvalue weighted by Crippen LogP contribution is 2.32. The van der Waals surface area contributed by atoms with Crippen molar-refractivity contribution in [1.82, 2.24) is 20.1 Å². The highest BCUT2D eigenvalue weighted by molar-refractivity contribution is 5.94. The van der Waals surface area contributed by atoms with E-state index in [-0.39, 0.29) is 17.9 Å². The normalized spacial score (nSPS) is 23.9. The molecule has 0 bridgehead atoms. The van der Waals surface area contributed by atoms with Gasteiger partial charge in [0.2, 0.25) is 0 Å².